The Morgan fingerprint density at radius 3 is 2.70 bits per heavy atom. The van der Waals surface area contributed by atoms with Crippen LogP contribution in [0.2, 0.25) is 0 Å². The zero-order chi connectivity index (χ0) is 31.2. The number of amides is 3. The third kappa shape index (κ3) is 5.70. The molecule has 0 unspecified atom stereocenters. The second-order valence-corrected chi connectivity index (χ2v) is 14.1. The third-order valence-electron chi connectivity index (χ3n) is 9.13. The van der Waals surface area contributed by atoms with Crippen molar-refractivity contribution >= 4 is 47.5 Å². The van der Waals surface area contributed by atoms with E-state index >= 15 is 0 Å². The predicted molar refractivity (Wildman–Crippen MR) is 163 cm³/mol. The Balaban J connectivity index is 1.18. The van der Waals surface area contributed by atoms with Gasteiger partial charge >= 0.3 is 0 Å². The third-order valence-corrected chi connectivity index (χ3v) is 10.9. The first-order valence-corrected chi connectivity index (χ1v) is 16.8. The molecule has 0 bridgehead atoms. The summed E-state index contributed by atoms with van der Waals surface area (Å²) in [7, 11) is -2.78. The molecular formula is C31H33FN5O5PS. The van der Waals surface area contributed by atoms with Crippen molar-refractivity contribution in [3.05, 3.63) is 64.8 Å². The van der Waals surface area contributed by atoms with Gasteiger partial charge in [-0.2, -0.15) is 5.26 Å². The lowest BCUT2D eigenvalue weighted by molar-refractivity contribution is -0.151. The highest BCUT2D eigenvalue weighted by atomic mass is 32.1. The topological polar surface area (TPSA) is 147 Å². The molecule has 2 saturated heterocycles. The van der Waals surface area contributed by atoms with E-state index in [1.165, 1.54) is 23.5 Å². The quantitative estimate of drug-likeness (QED) is 0.317. The summed E-state index contributed by atoms with van der Waals surface area (Å²) < 4.78 is 14.9. The Hall–Kier alpha value is -3.49. The number of hydrogen-bond donors (Lipinski definition) is 3. The standard InChI is InChI=1S/C31H33FN5O5PS/c1-2-23(30(40)36-16-31(15-33,17-36)26-5-3-4-9-34-26)37-10-8-18-11-20(18)13-22(29(37)39)35-28(38)25-14-21-12-19(27(32)43(41)42)6-7-24(21)44-25/h3-7,9,12,14,18,20,22-23,27,41-42H,2,8,10-11,13,16-17H2,1H3,(H,35,38)/t18-,20-,22+,23+,27-/m1/s1. The maximum Gasteiger partial charge on any atom is 0.262 e. The van der Waals surface area contributed by atoms with Crippen LogP contribution in [0.1, 0.15) is 59.4 Å². The predicted octanol–water partition coefficient (Wildman–Crippen LogP) is 4.00. The Morgan fingerprint density at radius 2 is 2.02 bits per heavy atom. The van der Waals surface area contributed by atoms with Crippen LogP contribution in [0.3, 0.4) is 0 Å². The van der Waals surface area contributed by atoms with Gasteiger partial charge in [-0.05, 0) is 78.8 Å². The van der Waals surface area contributed by atoms with E-state index in [9.17, 15) is 33.8 Å². The number of nitrogens with zero attached hydrogens (tertiary/aromatic N) is 4. The molecule has 1 aromatic carbocycles. The molecule has 3 fully saturated rings. The van der Waals surface area contributed by atoms with Gasteiger partial charge in [0.2, 0.25) is 20.2 Å². The van der Waals surface area contributed by atoms with Gasteiger partial charge in [0.25, 0.3) is 5.91 Å². The van der Waals surface area contributed by atoms with Crippen molar-refractivity contribution < 1.29 is 28.6 Å². The summed E-state index contributed by atoms with van der Waals surface area (Å²) in [5.41, 5.74) is -0.130. The minimum Gasteiger partial charge on any atom is -0.348 e. The van der Waals surface area contributed by atoms with E-state index < -0.39 is 37.7 Å². The highest BCUT2D eigenvalue weighted by Gasteiger charge is 2.51. The number of thiophene rings is 1. The summed E-state index contributed by atoms with van der Waals surface area (Å²) >= 11 is 1.20. The highest BCUT2D eigenvalue weighted by molar-refractivity contribution is 7.45. The van der Waals surface area contributed by atoms with E-state index in [1.807, 2.05) is 13.0 Å². The lowest BCUT2D eigenvalue weighted by Crippen LogP contribution is -2.65. The van der Waals surface area contributed by atoms with E-state index in [2.05, 4.69) is 16.4 Å². The van der Waals surface area contributed by atoms with Crippen molar-refractivity contribution in [3.63, 3.8) is 0 Å². The number of pyridine rings is 1. The van der Waals surface area contributed by atoms with Crippen molar-refractivity contribution in [1.29, 1.82) is 5.26 Å². The van der Waals surface area contributed by atoms with E-state index in [0.29, 0.717) is 47.2 Å². The number of alkyl halides is 1. The average Bonchev–Trinajstić information content (AvgIpc) is 3.58. The van der Waals surface area contributed by atoms with E-state index in [0.717, 1.165) is 17.5 Å². The number of halogens is 1. The van der Waals surface area contributed by atoms with Crippen molar-refractivity contribution in [2.75, 3.05) is 19.6 Å². The fourth-order valence-electron chi connectivity index (χ4n) is 6.52. The number of likely N-dealkylation sites (tertiary alicyclic amines) is 2. The van der Waals surface area contributed by atoms with Gasteiger partial charge in [0, 0.05) is 30.5 Å². The Morgan fingerprint density at radius 1 is 1.23 bits per heavy atom. The van der Waals surface area contributed by atoms with E-state index in [4.69, 9.17) is 0 Å². The van der Waals surface area contributed by atoms with Crippen molar-refractivity contribution in [3.8, 4) is 6.07 Å². The van der Waals surface area contributed by atoms with Gasteiger partial charge in [-0.3, -0.25) is 19.4 Å². The number of nitriles is 1. The molecule has 0 radical (unpaired) electrons. The molecule has 4 heterocycles. The van der Waals surface area contributed by atoms with E-state index in [-0.39, 0.29) is 30.5 Å². The molecule has 3 amide bonds. The molecule has 3 N–H and O–H groups in total. The summed E-state index contributed by atoms with van der Waals surface area (Å²) in [6.45, 7) is 2.70. The maximum absolute atomic E-state index is 14.2. The first-order chi connectivity index (χ1) is 21.1. The lowest BCUT2D eigenvalue weighted by atomic mass is 9.77. The zero-order valence-electron chi connectivity index (χ0n) is 24.1. The number of aromatic nitrogens is 1. The second-order valence-electron chi connectivity index (χ2n) is 11.9. The number of hydrogen-bond acceptors (Lipinski definition) is 8. The van der Waals surface area contributed by atoms with Gasteiger partial charge < -0.3 is 24.9 Å². The molecule has 5 atom stereocenters. The van der Waals surface area contributed by atoms with Crippen LogP contribution < -0.4 is 5.32 Å². The number of carbonyl (C=O) groups is 3. The molecule has 44 heavy (non-hydrogen) atoms. The van der Waals surface area contributed by atoms with Gasteiger partial charge in [0.1, 0.15) is 17.5 Å². The molecule has 3 aromatic rings. The molecular weight excluding hydrogens is 604 g/mol. The van der Waals surface area contributed by atoms with Gasteiger partial charge in [0.05, 0.1) is 16.6 Å². The molecule has 2 aliphatic heterocycles. The van der Waals surface area contributed by atoms with Gasteiger partial charge in [0.15, 0.2) is 5.91 Å². The molecule has 10 nitrogen and oxygen atoms in total. The molecule has 0 spiro atoms. The number of benzene rings is 1. The summed E-state index contributed by atoms with van der Waals surface area (Å²) in [4.78, 5) is 67.7. The summed E-state index contributed by atoms with van der Waals surface area (Å²) in [6.07, 6.45) is 4.30. The van der Waals surface area contributed by atoms with Crippen molar-refractivity contribution in [1.82, 2.24) is 20.1 Å². The Bertz CT molecular complexity index is 1620. The van der Waals surface area contributed by atoms with Gasteiger partial charge in [-0.25, -0.2) is 4.39 Å². The number of rotatable bonds is 8. The first kappa shape index (κ1) is 30.5. The lowest BCUT2D eigenvalue weighted by Gasteiger charge is -2.47. The fraction of sp³-hybridized carbons (Fsp3) is 0.452. The van der Waals surface area contributed by atoms with Crippen LogP contribution in [0.25, 0.3) is 10.1 Å². The van der Waals surface area contributed by atoms with Crippen LogP contribution in [0, 0.1) is 23.2 Å². The largest absolute Gasteiger partial charge is 0.348 e. The average molecular weight is 638 g/mol. The Kier molecular flexibility index (Phi) is 8.42. The molecule has 13 heteroatoms. The highest BCUT2D eigenvalue weighted by Crippen LogP contribution is 2.47. The molecule has 1 saturated carbocycles. The SMILES string of the molecule is CC[C@@H](C(=O)N1CC(C#N)(c2ccccn2)C1)N1CC[C@@H]2C[C@@H]2C[C@H](NC(=O)c2cc3cc([C@H](F)P(O)O)ccc3s2)C1=O. The second kappa shape index (κ2) is 12.1. The smallest absolute Gasteiger partial charge is 0.262 e. The zero-order valence-corrected chi connectivity index (χ0v) is 25.8. The van der Waals surface area contributed by atoms with Crippen molar-refractivity contribution in [2.24, 2.45) is 11.8 Å². The minimum absolute atomic E-state index is 0.119. The van der Waals surface area contributed by atoms with Crippen LogP contribution in [0.5, 0.6) is 0 Å². The number of carbonyl (C=O) groups excluding carboxylic acids is 3. The fourth-order valence-corrected chi connectivity index (χ4v) is 7.90. The summed E-state index contributed by atoms with van der Waals surface area (Å²) in [6, 6.07) is 12.4. The normalized spacial score (nSPS) is 24.0. The van der Waals surface area contributed by atoms with Crippen LogP contribution >= 0.6 is 19.7 Å². The summed E-state index contributed by atoms with van der Waals surface area (Å²) in [5, 5.41) is 13.5. The van der Waals surface area contributed by atoms with Crippen LogP contribution in [-0.2, 0) is 15.0 Å². The van der Waals surface area contributed by atoms with Gasteiger partial charge in [-0.15, -0.1) is 11.3 Å². The molecule has 230 valence electrons. The molecule has 6 rings (SSSR count). The van der Waals surface area contributed by atoms with Crippen LogP contribution in [-0.4, -0.2) is 74.0 Å². The van der Waals surface area contributed by atoms with E-state index in [1.54, 1.807) is 40.3 Å². The van der Waals surface area contributed by atoms with Crippen LogP contribution in [0.4, 0.5) is 4.39 Å². The number of fused-ring (bicyclic) bond motifs is 2. The monoisotopic (exact) mass is 637 g/mol. The number of nitrogens with one attached hydrogen (secondary N) is 1. The van der Waals surface area contributed by atoms with Crippen molar-refractivity contribution in [2.45, 2.75) is 56.0 Å². The first-order valence-electron chi connectivity index (χ1n) is 14.7. The Labute approximate surface area is 259 Å². The van der Waals surface area contributed by atoms with Gasteiger partial charge in [-0.1, -0.05) is 19.1 Å². The minimum atomic E-state index is -2.78. The maximum atomic E-state index is 14.2. The van der Waals surface area contributed by atoms with Crippen LogP contribution in [0.15, 0.2) is 48.7 Å². The molecule has 1 aliphatic carbocycles. The molecule has 2 aromatic heterocycles. The molecule has 3 aliphatic rings. The summed E-state index contributed by atoms with van der Waals surface area (Å²) in [5.74, 6) is -2.05.